The Morgan fingerprint density at radius 3 is 2.65 bits per heavy atom. The summed E-state index contributed by atoms with van der Waals surface area (Å²) in [5.74, 6) is 0. The lowest BCUT2D eigenvalue weighted by Gasteiger charge is -2.01. The van der Waals surface area contributed by atoms with E-state index in [2.05, 4.69) is 22.1 Å². The van der Waals surface area contributed by atoms with Gasteiger partial charge in [-0.2, -0.15) is 0 Å². The Morgan fingerprint density at radius 1 is 0.900 bits per heavy atom. The second-order valence-corrected chi connectivity index (χ2v) is 4.86. The van der Waals surface area contributed by atoms with E-state index < -0.39 is 0 Å². The number of fused-ring (bicyclic) bond motifs is 3. The van der Waals surface area contributed by atoms with Crippen molar-refractivity contribution in [2.75, 3.05) is 0 Å². The minimum Gasteiger partial charge on any atom is -0.437 e. The van der Waals surface area contributed by atoms with Crippen LogP contribution in [0.15, 0.2) is 59.3 Å². The number of pyridine rings is 2. The highest BCUT2D eigenvalue weighted by atomic mass is 16.3. The molecule has 3 nitrogen and oxygen atoms in total. The molecule has 20 heavy (non-hydrogen) atoms. The highest BCUT2D eigenvalue weighted by molar-refractivity contribution is 6.08. The summed E-state index contributed by atoms with van der Waals surface area (Å²) < 4.78 is 5.92. The van der Waals surface area contributed by atoms with Crippen LogP contribution in [0.25, 0.3) is 33.3 Å². The van der Waals surface area contributed by atoms with Crippen LogP contribution >= 0.6 is 0 Å². The average Bonchev–Trinajstić information content (AvgIpc) is 2.87. The Hall–Kier alpha value is -2.68. The molecule has 0 saturated carbocycles. The summed E-state index contributed by atoms with van der Waals surface area (Å²) in [6, 6.07) is 14.1. The maximum Gasteiger partial charge on any atom is 0.227 e. The molecule has 0 bridgehead atoms. The van der Waals surface area contributed by atoms with Crippen molar-refractivity contribution in [1.82, 2.24) is 9.97 Å². The van der Waals surface area contributed by atoms with Gasteiger partial charge in [0.15, 0.2) is 0 Å². The fourth-order valence-electron chi connectivity index (χ4n) is 2.46. The molecule has 0 aliphatic heterocycles. The van der Waals surface area contributed by atoms with Crippen LogP contribution in [-0.4, -0.2) is 9.97 Å². The van der Waals surface area contributed by atoms with E-state index in [1.807, 2.05) is 43.5 Å². The zero-order valence-corrected chi connectivity index (χ0v) is 11.0. The third-order valence-corrected chi connectivity index (χ3v) is 3.46. The predicted molar refractivity (Wildman–Crippen MR) is 79.5 cm³/mol. The standard InChI is InChI=1S/C17H12N2O/c1-11-7-8-15(19-10-11)14-5-2-4-12-13-6-3-9-18-17(13)20-16(12)14/h2-10H,1H3. The Kier molecular flexibility index (Phi) is 2.33. The third kappa shape index (κ3) is 1.60. The number of para-hydroxylation sites is 1. The number of furan rings is 1. The first-order valence-electron chi connectivity index (χ1n) is 6.52. The molecule has 0 atom stereocenters. The summed E-state index contributed by atoms with van der Waals surface area (Å²) in [6.07, 6.45) is 3.61. The van der Waals surface area contributed by atoms with Crippen molar-refractivity contribution in [3.8, 4) is 11.3 Å². The van der Waals surface area contributed by atoms with E-state index in [0.717, 1.165) is 33.2 Å². The van der Waals surface area contributed by atoms with E-state index >= 15 is 0 Å². The lowest BCUT2D eigenvalue weighted by atomic mass is 10.1. The lowest BCUT2D eigenvalue weighted by Crippen LogP contribution is -1.84. The molecule has 0 unspecified atom stereocenters. The van der Waals surface area contributed by atoms with E-state index in [1.54, 1.807) is 6.20 Å². The molecule has 3 aromatic heterocycles. The van der Waals surface area contributed by atoms with Crippen LogP contribution in [0.2, 0.25) is 0 Å². The van der Waals surface area contributed by atoms with Crippen molar-refractivity contribution in [1.29, 1.82) is 0 Å². The van der Waals surface area contributed by atoms with Crippen molar-refractivity contribution in [2.45, 2.75) is 6.92 Å². The van der Waals surface area contributed by atoms with Crippen LogP contribution in [0.3, 0.4) is 0 Å². The molecule has 1 aromatic carbocycles. The summed E-state index contributed by atoms with van der Waals surface area (Å²) in [5.41, 5.74) is 4.58. The number of rotatable bonds is 1. The van der Waals surface area contributed by atoms with Gasteiger partial charge in [0.1, 0.15) is 5.58 Å². The fraction of sp³-hybridized carbons (Fsp3) is 0.0588. The molecule has 0 N–H and O–H groups in total. The average molecular weight is 260 g/mol. The first-order valence-corrected chi connectivity index (χ1v) is 6.52. The van der Waals surface area contributed by atoms with Gasteiger partial charge in [0, 0.05) is 28.7 Å². The van der Waals surface area contributed by atoms with Crippen LogP contribution in [0.4, 0.5) is 0 Å². The van der Waals surface area contributed by atoms with E-state index in [1.165, 1.54) is 0 Å². The van der Waals surface area contributed by atoms with Crippen LogP contribution in [-0.2, 0) is 0 Å². The number of nitrogens with zero attached hydrogens (tertiary/aromatic N) is 2. The van der Waals surface area contributed by atoms with Crippen molar-refractivity contribution < 1.29 is 4.42 Å². The van der Waals surface area contributed by atoms with Gasteiger partial charge in [-0.1, -0.05) is 18.2 Å². The molecular weight excluding hydrogens is 248 g/mol. The number of hydrogen-bond donors (Lipinski definition) is 0. The smallest absolute Gasteiger partial charge is 0.227 e. The highest BCUT2D eigenvalue weighted by Crippen LogP contribution is 2.33. The van der Waals surface area contributed by atoms with Gasteiger partial charge >= 0.3 is 0 Å². The van der Waals surface area contributed by atoms with Crippen LogP contribution in [0, 0.1) is 6.92 Å². The Morgan fingerprint density at radius 2 is 1.80 bits per heavy atom. The van der Waals surface area contributed by atoms with Gasteiger partial charge in [0.05, 0.1) is 5.69 Å². The third-order valence-electron chi connectivity index (χ3n) is 3.46. The SMILES string of the molecule is Cc1ccc(-c2cccc3c2oc2ncccc23)nc1. The van der Waals surface area contributed by atoms with Gasteiger partial charge in [0.2, 0.25) is 5.71 Å². The van der Waals surface area contributed by atoms with Gasteiger partial charge in [-0.3, -0.25) is 4.98 Å². The fourth-order valence-corrected chi connectivity index (χ4v) is 2.46. The highest BCUT2D eigenvalue weighted by Gasteiger charge is 2.12. The molecule has 0 radical (unpaired) electrons. The first kappa shape index (κ1) is 11.2. The quantitative estimate of drug-likeness (QED) is 0.510. The van der Waals surface area contributed by atoms with Crippen molar-refractivity contribution >= 4 is 22.1 Å². The van der Waals surface area contributed by atoms with Crippen LogP contribution in [0.5, 0.6) is 0 Å². The van der Waals surface area contributed by atoms with Gasteiger partial charge in [-0.25, -0.2) is 4.98 Å². The molecule has 0 spiro atoms. The number of aryl methyl sites for hydroxylation is 1. The summed E-state index contributed by atoms with van der Waals surface area (Å²) in [6.45, 7) is 2.03. The van der Waals surface area contributed by atoms with Gasteiger partial charge in [-0.05, 0) is 36.8 Å². The first-order chi connectivity index (χ1) is 9.83. The molecule has 0 fully saturated rings. The van der Waals surface area contributed by atoms with E-state index in [0.29, 0.717) is 5.71 Å². The Balaban J connectivity index is 2.07. The molecular formula is C17H12N2O. The Bertz CT molecular complexity index is 907. The monoisotopic (exact) mass is 260 g/mol. The normalized spacial score (nSPS) is 11.2. The largest absolute Gasteiger partial charge is 0.437 e. The van der Waals surface area contributed by atoms with E-state index in [9.17, 15) is 0 Å². The van der Waals surface area contributed by atoms with Crippen molar-refractivity contribution in [3.05, 3.63) is 60.4 Å². The zero-order valence-electron chi connectivity index (χ0n) is 11.0. The van der Waals surface area contributed by atoms with Crippen LogP contribution in [0.1, 0.15) is 5.56 Å². The van der Waals surface area contributed by atoms with E-state index in [4.69, 9.17) is 4.42 Å². The molecule has 0 amide bonds. The van der Waals surface area contributed by atoms with Gasteiger partial charge in [-0.15, -0.1) is 0 Å². The number of benzene rings is 1. The molecule has 0 saturated heterocycles. The topological polar surface area (TPSA) is 38.9 Å². The summed E-state index contributed by atoms with van der Waals surface area (Å²) in [7, 11) is 0. The molecule has 3 heterocycles. The number of hydrogen-bond acceptors (Lipinski definition) is 3. The molecule has 4 rings (SSSR count). The second-order valence-electron chi connectivity index (χ2n) is 4.86. The molecule has 4 aromatic rings. The summed E-state index contributed by atoms with van der Waals surface area (Å²) >= 11 is 0. The Labute approximate surface area is 115 Å². The minimum absolute atomic E-state index is 0.669. The molecule has 0 aliphatic rings. The second kappa shape index (κ2) is 4.17. The lowest BCUT2D eigenvalue weighted by molar-refractivity contribution is 0.655. The van der Waals surface area contributed by atoms with E-state index in [-0.39, 0.29) is 0 Å². The van der Waals surface area contributed by atoms with Crippen LogP contribution < -0.4 is 0 Å². The molecule has 96 valence electrons. The zero-order chi connectivity index (χ0) is 13.5. The maximum atomic E-state index is 5.92. The summed E-state index contributed by atoms with van der Waals surface area (Å²) in [4.78, 5) is 8.77. The molecule has 3 heteroatoms. The molecule has 0 aliphatic carbocycles. The summed E-state index contributed by atoms with van der Waals surface area (Å²) in [5, 5.41) is 2.12. The maximum absolute atomic E-state index is 5.92. The minimum atomic E-state index is 0.669. The van der Waals surface area contributed by atoms with Gasteiger partial charge < -0.3 is 4.42 Å². The van der Waals surface area contributed by atoms with Crippen molar-refractivity contribution in [3.63, 3.8) is 0 Å². The van der Waals surface area contributed by atoms with Crippen molar-refractivity contribution in [2.24, 2.45) is 0 Å². The van der Waals surface area contributed by atoms with Gasteiger partial charge in [0.25, 0.3) is 0 Å². The number of aromatic nitrogens is 2. The predicted octanol–water partition coefficient (Wildman–Crippen LogP) is 4.35.